The molecule has 4 rings (SSSR count). The fraction of sp³-hybridized carbons (Fsp3) is 0.300. The Morgan fingerprint density at radius 3 is 2.78 bits per heavy atom. The van der Waals surface area contributed by atoms with Crippen molar-refractivity contribution in [2.75, 3.05) is 24.5 Å². The van der Waals surface area contributed by atoms with E-state index in [9.17, 15) is 4.79 Å². The number of carbonyl (C=O) groups is 1. The van der Waals surface area contributed by atoms with Crippen molar-refractivity contribution in [2.24, 2.45) is 0 Å². The highest BCUT2D eigenvalue weighted by Crippen LogP contribution is 2.23. The molecule has 1 aromatic carbocycles. The molecule has 0 radical (unpaired) electrons. The van der Waals surface area contributed by atoms with Crippen molar-refractivity contribution in [2.45, 2.75) is 19.3 Å². The summed E-state index contributed by atoms with van der Waals surface area (Å²) in [6, 6.07) is 11.9. The smallest absolute Gasteiger partial charge is 0.270 e. The number of anilines is 1. The lowest BCUT2D eigenvalue weighted by molar-refractivity contribution is 0.0949. The second kappa shape index (κ2) is 8.26. The zero-order chi connectivity index (χ0) is 18.5. The molecule has 1 amide bonds. The standard InChI is InChI=1S/C20H21N5OS/c26-19(17-12-18(23-14-22-17)25-10-4-5-11-25)21-9-8-16-13-27-20(24-16)15-6-2-1-3-7-15/h1-3,6-7,12-14H,4-5,8-11H2,(H,21,26). The number of hydrogen-bond donors (Lipinski definition) is 1. The van der Waals surface area contributed by atoms with Gasteiger partial charge in [-0.1, -0.05) is 30.3 Å². The van der Waals surface area contributed by atoms with Crippen LogP contribution < -0.4 is 10.2 Å². The lowest BCUT2D eigenvalue weighted by Crippen LogP contribution is -2.27. The maximum Gasteiger partial charge on any atom is 0.270 e. The number of hydrogen-bond acceptors (Lipinski definition) is 6. The molecule has 0 atom stereocenters. The SMILES string of the molecule is O=C(NCCc1csc(-c2ccccc2)n1)c1cc(N2CCCC2)ncn1. The van der Waals surface area contributed by atoms with Gasteiger partial charge in [0.2, 0.25) is 0 Å². The summed E-state index contributed by atoms with van der Waals surface area (Å²) in [5.41, 5.74) is 2.52. The van der Waals surface area contributed by atoms with Crippen LogP contribution in [0.2, 0.25) is 0 Å². The lowest BCUT2D eigenvalue weighted by atomic mass is 10.2. The fourth-order valence-electron chi connectivity index (χ4n) is 3.12. The van der Waals surface area contributed by atoms with Crippen LogP contribution in [-0.4, -0.2) is 40.5 Å². The quantitative estimate of drug-likeness (QED) is 0.712. The number of nitrogens with one attached hydrogen (secondary N) is 1. The van der Waals surface area contributed by atoms with Crippen LogP contribution >= 0.6 is 11.3 Å². The number of nitrogens with zero attached hydrogens (tertiary/aromatic N) is 4. The van der Waals surface area contributed by atoms with E-state index in [1.165, 1.54) is 19.2 Å². The average Bonchev–Trinajstić information content (AvgIpc) is 3.41. The predicted molar refractivity (Wildman–Crippen MR) is 107 cm³/mol. The first-order valence-electron chi connectivity index (χ1n) is 9.14. The molecule has 2 aromatic heterocycles. The highest BCUT2D eigenvalue weighted by atomic mass is 32.1. The highest BCUT2D eigenvalue weighted by molar-refractivity contribution is 7.13. The Hall–Kier alpha value is -2.80. The Balaban J connectivity index is 1.32. The minimum absolute atomic E-state index is 0.170. The molecule has 27 heavy (non-hydrogen) atoms. The number of amides is 1. The lowest BCUT2D eigenvalue weighted by Gasteiger charge is -2.16. The summed E-state index contributed by atoms with van der Waals surface area (Å²) in [7, 11) is 0. The van der Waals surface area contributed by atoms with E-state index in [1.807, 2.05) is 23.6 Å². The number of benzene rings is 1. The van der Waals surface area contributed by atoms with Gasteiger partial charge in [-0.25, -0.2) is 15.0 Å². The first-order valence-corrected chi connectivity index (χ1v) is 10.0. The molecule has 3 heterocycles. The first-order chi connectivity index (χ1) is 13.3. The minimum atomic E-state index is -0.170. The van der Waals surface area contributed by atoms with Gasteiger partial charge < -0.3 is 10.2 Å². The third-order valence-electron chi connectivity index (χ3n) is 4.55. The summed E-state index contributed by atoms with van der Waals surface area (Å²) >= 11 is 1.62. The van der Waals surface area contributed by atoms with Crippen molar-refractivity contribution in [1.29, 1.82) is 0 Å². The molecule has 0 aliphatic carbocycles. The van der Waals surface area contributed by atoms with Crippen molar-refractivity contribution in [3.05, 3.63) is 59.5 Å². The van der Waals surface area contributed by atoms with E-state index in [-0.39, 0.29) is 5.91 Å². The Morgan fingerprint density at radius 1 is 1.15 bits per heavy atom. The van der Waals surface area contributed by atoms with Crippen LogP contribution in [0.15, 0.2) is 48.1 Å². The minimum Gasteiger partial charge on any atom is -0.357 e. The van der Waals surface area contributed by atoms with Crippen molar-refractivity contribution in [1.82, 2.24) is 20.3 Å². The Morgan fingerprint density at radius 2 is 1.96 bits per heavy atom. The zero-order valence-electron chi connectivity index (χ0n) is 15.0. The molecule has 1 N–H and O–H groups in total. The van der Waals surface area contributed by atoms with Crippen molar-refractivity contribution < 1.29 is 4.79 Å². The van der Waals surface area contributed by atoms with E-state index in [0.717, 1.165) is 35.2 Å². The Bertz CT molecular complexity index is 906. The van der Waals surface area contributed by atoms with E-state index in [0.29, 0.717) is 18.7 Å². The molecular weight excluding hydrogens is 358 g/mol. The van der Waals surface area contributed by atoms with E-state index < -0.39 is 0 Å². The van der Waals surface area contributed by atoms with Crippen LogP contribution in [0, 0.1) is 0 Å². The van der Waals surface area contributed by atoms with Gasteiger partial charge in [-0.2, -0.15) is 0 Å². The summed E-state index contributed by atoms with van der Waals surface area (Å²) in [4.78, 5) is 27.6. The highest BCUT2D eigenvalue weighted by Gasteiger charge is 2.16. The molecule has 1 aliphatic rings. The topological polar surface area (TPSA) is 71.0 Å². The number of thiazole rings is 1. The summed E-state index contributed by atoms with van der Waals surface area (Å²) < 4.78 is 0. The van der Waals surface area contributed by atoms with Crippen LogP contribution in [0.25, 0.3) is 10.6 Å². The van der Waals surface area contributed by atoms with Gasteiger partial charge in [-0.15, -0.1) is 11.3 Å². The Kier molecular flexibility index (Phi) is 5.39. The summed E-state index contributed by atoms with van der Waals surface area (Å²) in [6.45, 7) is 2.51. The molecule has 7 heteroatoms. The van der Waals surface area contributed by atoms with Gasteiger partial charge in [-0.05, 0) is 12.8 Å². The maximum atomic E-state index is 12.4. The van der Waals surface area contributed by atoms with Crippen LogP contribution in [0.5, 0.6) is 0 Å². The molecule has 0 spiro atoms. The van der Waals surface area contributed by atoms with E-state index >= 15 is 0 Å². The summed E-state index contributed by atoms with van der Waals surface area (Å²) in [6.07, 6.45) is 4.50. The average molecular weight is 379 g/mol. The first kappa shape index (κ1) is 17.6. The monoisotopic (exact) mass is 379 g/mol. The third kappa shape index (κ3) is 4.31. The Labute approximate surface area is 162 Å². The number of aromatic nitrogens is 3. The van der Waals surface area contributed by atoms with Crippen LogP contribution in [0.1, 0.15) is 29.0 Å². The van der Waals surface area contributed by atoms with Gasteiger partial charge in [0, 0.05) is 43.1 Å². The van der Waals surface area contributed by atoms with Crippen LogP contribution in [0.3, 0.4) is 0 Å². The second-order valence-corrected chi connectivity index (χ2v) is 7.33. The molecular formula is C20H21N5OS. The van der Waals surface area contributed by atoms with Crippen LogP contribution in [0.4, 0.5) is 5.82 Å². The largest absolute Gasteiger partial charge is 0.357 e. The predicted octanol–water partition coefficient (Wildman–Crippen LogP) is 3.17. The van der Waals surface area contributed by atoms with Crippen molar-refractivity contribution >= 4 is 23.1 Å². The van der Waals surface area contributed by atoms with Gasteiger partial charge in [0.25, 0.3) is 5.91 Å². The molecule has 1 saturated heterocycles. The van der Waals surface area contributed by atoms with Crippen molar-refractivity contribution in [3.8, 4) is 10.6 Å². The maximum absolute atomic E-state index is 12.4. The fourth-order valence-corrected chi connectivity index (χ4v) is 3.98. The molecule has 138 valence electrons. The van der Waals surface area contributed by atoms with Gasteiger partial charge >= 0.3 is 0 Å². The van der Waals surface area contributed by atoms with Gasteiger partial charge in [0.05, 0.1) is 5.69 Å². The van der Waals surface area contributed by atoms with Crippen LogP contribution in [-0.2, 0) is 6.42 Å². The molecule has 3 aromatic rings. The molecule has 0 bridgehead atoms. The number of rotatable bonds is 6. The summed E-state index contributed by atoms with van der Waals surface area (Å²) in [5, 5.41) is 5.98. The normalized spacial score (nSPS) is 13.7. The van der Waals surface area contributed by atoms with E-state index in [1.54, 1.807) is 17.4 Å². The second-order valence-electron chi connectivity index (χ2n) is 6.47. The molecule has 6 nitrogen and oxygen atoms in total. The van der Waals surface area contributed by atoms with E-state index in [4.69, 9.17) is 0 Å². The third-order valence-corrected chi connectivity index (χ3v) is 5.49. The number of carbonyl (C=O) groups excluding carboxylic acids is 1. The molecule has 1 aliphatic heterocycles. The molecule has 1 fully saturated rings. The van der Waals surface area contributed by atoms with Gasteiger partial charge in [0.1, 0.15) is 22.8 Å². The zero-order valence-corrected chi connectivity index (χ0v) is 15.8. The summed E-state index contributed by atoms with van der Waals surface area (Å²) in [5.74, 6) is 0.663. The van der Waals surface area contributed by atoms with E-state index in [2.05, 4.69) is 37.3 Å². The molecule has 0 unspecified atom stereocenters. The van der Waals surface area contributed by atoms with Crippen molar-refractivity contribution in [3.63, 3.8) is 0 Å². The molecule has 0 saturated carbocycles. The van der Waals surface area contributed by atoms with Gasteiger partial charge in [-0.3, -0.25) is 4.79 Å². The van der Waals surface area contributed by atoms with Gasteiger partial charge in [0.15, 0.2) is 0 Å².